The Labute approximate surface area is 105 Å². The lowest BCUT2D eigenvalue weighted by Gasteiger charge is -2.05. The Morgan fingerprint density at radius 3 is 2.78 bits per heavy atom. The molecular weight excluding hydrogens is 227 g/mol. The van der Waals surface area contributed by atoms with Gasteiger partial charge in [-0.05, 0) is 30.7 Å². The van der Waals surface area contributed by atoms with Crippen LogP contribution in [0, 0.1) is 12.7 Å². The minimum absolute atomic E-state index is 0.178. The molecule has 0 radical (unpaired) electrons. The second-order valence-electron chi connectivity index (χ2n) is 4.37. The predicted molar refractivity (Wildman–Crippen MR) is 69.1 cm³/mol. The molecule has 0 aliphatic heterocycles. The minimum atomic E-state index is -0.178. The number of halogens is 1. The first-order chi connectivity index (χ1) is 8.75. The lowest BCUT2D eigenvalue weighted by atomic mass is 10.1. The second-order valence-corrected chi connectivity index (χ2v) is 4.37. The minimum Gasteiger partial charge on any atom is -0.301 e. The van der Waals surface area contributed by atoms with E-state index in [4.69, 9.17) is 0 Å². The van der Waals surface area contributed by atoms with E-state index in [1.165, 1.54) is 6.07 Å². The van der Waals surface area contributed by atoms with Gasteiger partial charge in [-0.2, -0.15) is 0 Å². The molecule has 3 heteroatoms. The lowest BCUT2D eigenvalue weighted by molar-refractivity contribution is 0.612. The van der Waals surface area contributed by atoms with Gasteiger partial charge in [0.15, 0.2) is 0 Å². The standard InChI is InChI=1S/C15H13FN2/c1-11-5-4-7-13-10-17-15(18(11)13)9-12-6-2-3-8-14(12)16/h2-8,10H,9H2,1H3. The zero-order valence-corrected chi connectivity index (χ0v) is 10.1. The van der Waals surface area contributed by atoms with E-state index in [1.807, 2.05) is 37.4 Å². The Hall–Kier alpha value is -2.16. The normalized spacial score (nSPS) is 11.0. The molecule has 2 heterocycles. The molecule has 3 rings (SSSR count). The monoisotopic (exact) mass is 240 g/mol. The fourth-order valence-corrected chi connectivity index (χ4v) is 2.23. The zero-order valence-electron chi connectivity index (χ0n) is 10.1. The number of hydrogen-bond donors (Lipinski definition) is 0. The largest absolute Gasteiger partial charge is 0.301 e. The van der Waals surface area contributed by atoms with Crippen LogP contribution in [0.3, 0.4) is 0 Å². The van der Waals surface area contributed by atoms with Gasteiger partial charge in [0.2, 0.25) is 0 Å². The molecule has 0 amide bonds. The van der Waals surface area contributed by atoms with Gasteiger partial charge in [0.1, 0.15) is 11.6 Å². The summed E-state index contributed by atoms with van der Waals surface area (Å²) in [5.74, 6) is 0.691. The molecule has 0 aliphatic carbocycles. The first-order valence-electron chi connectivity index (χ1n) is 5.91. The number of fused-ring (bicyclic) bond motifs is 1. The molecule has 2 aromatic heterocycles. The first-order valence-corrected chi connectivity index (χ1v) is 5.91. The van der Waals surface area contributed by atoms with Crippen molar-refractivity contribution in [2.24, 2.45) is 0 Å². The Bertz CT molecular complexity index is 701. The zero-order chi connectivity index (χ0) is 12.5. The lowest BCUT2D eigenvalue weighted by Crippen LogP contribution is -2.00. The van der Waals surface area contributed by atoms with Gasteiger partial charge in [-0.25, -0.2) is 9.37 Å². The summed E-state index contributed by atoms with van der Waals surface area (Å²) in [5, 5.41) is 0. The molecule has 0 N–H and O–H groups in total. The van der Waals surface area contributed by atoms with Gasteiger partial charge in [-0.15, -0.1) is 0 Å². The summed E-state index contributed by atoms with van der Waals surface area (Å²) in [6.45, 7) is 2.03. The van der Waals surface area contributed by atoms with Gasteiger partial charge in [-0.3, -0.25) is 0 Å². The van der Waals surface area contributed by atoms with Crippen LogP contribution in [0.2, 0.25) is 0 Å². The Morgan fingerprint density at radius 2 is 1.94 bits per heavy atom. The molecular formula is C15H13FN2. The third-order valence-corrected chi connectivity index (χ3v) is 3.13. The number of nitrogens with zero attached hydrogens (tertiary/aromatic N) is 2. The molecule has 0 saturated heterocycles. The van der Waals surface area contributed by atoms with E-state index in [9.17, 15) is 4.39 Å². The molecule has 2 nitrogen and oxygen atoms in total. The average molecular weight is 240 g/mol. The Balaban J connectivity index is 2.09. The van der Waals surface area contributed by atoms with Gasteiger partial charge < -0.3 is 4.40 Å². The molecule has 0 spiro atoms. The molecule has 18 heavy (non-hydrogen) atoms. The third kappa shape index (κ3) is 1.78. The van der Waals surface area contributed by atoms with Crippen molar-refractivity contribution in [1.29, 1.82) is 0 Å². The van der Waals surface area contributed by atoms with Crippen LogP contribution in [-0.4, -0.2) is 9.38 Å². The molecule has 0 fully saturated rings. The van der Waals surface area contributed by atoms with Crippen molar-refractivity contribution in [1.82, 2.24) is 9.38 Å². The van der Waals surface area contributed by atoms with Crippen LogP contribution in [0.15, 0.2) is 48.7 Å². The molecule has 3 aromatic rings. The highest BCUT2D eigenvalue weighted by atomic mass is 19.1. The molecule has 0 unspecified atom stereocenters. The molecule has 0 bridgehead atoms. The van der Waals surface area contributed by atoms with Crippen LogP contribution < -0.4 is 0 Å². The maximum Gasteiger partial charge on any atom is 0.126 e. The summed E-state index contributed by atoms with van der Waals surface area (Å²) in [5.41, 5.74) is 2.82. The van der Waals surface area contributed by atoms with Crippen LogP contribution in [0.25, 0.3) is 5.52 Å². The van der Waals surface area contributed by atoms with E-state index < -0.39 is 0 Å². The third-order valence-electron chi connectivity index (χ3n) is 3.13. The van der Waals surface area contributed by atoms with Crippen LogP contribution in [0.1, 0.15) is 17.1 Å². The van der Waals surface area contributed by atoms with Crippen LogP contribution in [0.5, 0.6) is 0 Å². The molecule has 90 valence electrons. The summed E-state index contributed by atoms with van der Waals surface area (Å²) in [7, 11) is 0. The first kappa shape index (κ1) is 11.0. The second kappa shape index (κ2) is 4.26. The highest BCUT2D eigenvalue weighted by molar-refractivity contribution is 5.47. The summed E-state index contributed by atoms with van der Waals surface area (Å²) in [4.78, 5) is 4.39. The summed E-state index contributed by atoms with van der Waals surface area (Å²) in [6, 6.07) is 12.9. The molecule has 0 atom stereocenters. The quantitative estimate of drug-likeness (QED) is 0.671. The fourth-order valence-electron chi connectivity index (χ4n) is 2.23. The van der Waals surface area contributed by atoms with Gasteiger partial charge >= 0.3 is 0 Å². The highest BCUT2D eigenvalue weighted by Gasteiger charge is 2.08. The number of aromatic nitrogens is 2. The van der Waals surface area contributed by atoms with Crippen molar-refractivity contribution >= 4 is 5.52 Å². The van der Waals surface area contributed by atoms with Crippen molar-refractivity contribution < 1.29 is 4.39 Å². The van der Waals surface area contributed by atoms with Crippen molar-refractivity contribution in [3.63, 3.8) is 0 Å². The van der Waals surface area contributed by atoms with E-state index in [1.54, 1.807) is 12.1 Å². The number of hydrogen-bond acceptors (Lipinski definition) is 1. The van der Waals surface area contributed by atoms with Crippen molar-refractivity contribution in [3.05, 3.63) is 71.6 Å². The summed E-state index contributed by atoms with van der Waals surface area (Å²) < 4.78 is 15.7. The smallest absolute Gasteiger partial charge is 0.126 e. The van der Waals surface area contributed by atoms with E-state index in [0.717, 1.165) is 17.0 Å². The number of rotatable bonds is 2. The van der Waals surface area contributed by atoms with Crippen molar-refractivity contribution in [3.8, 4) is 0 Å². The Kier molecular flexibility index (Phi) is 2.59. The highest BCUT2D eigenvalue weighted by Crippen LogP contribution is 2.15. The van der Waals surface area contributed by atoms with Gasteiger partial charge in [-0.1, -0.05) is 24.3 Å². The van der Waals surface area contributed by atoms with E-state index in [-0.39, 0.29) is 5.82 Å². The van der Waals surface area contributed by atoms with E-state index in [0.29, 0.717) is 12.0 Å². The van der Waals surface area contributed by atoms with Crippen LogP contribution in [0.4, 0.5) is 4.39 Å². The number of benzene rings is 1. The topological polar surface area (TPSA) is 17.3 Å². The van der Waals surface area contributed by atoms with Crippen LogP contribution in [-0.2, 0) is 6.42 Å². The fraction of sp³-hybridized carbons (Fsp3) is 0.133. The number of imidazole rings is 1. The van der Waals surface area contributed by atoms with Gasteiger partial charge in [0.25, 0.3) is 0 Å². The molecule has 1 aromatic carbocycles. The van der Waals surface area contributed by atoms with Gasteiger partial charge in [0, 0.05) is 12.1 Å². The van der Waals surface area contributed by atoms with E-state index in [2.05, 4.69) is 9.38 Å². The van der Waals surface area contributed by atoms with E-state index >= 15 is 0 Å². The maximum atomic E-state index is 13.6. The van der Waals surface area contributed by atoms with Gasteiger partial charge in [0.05, 0.1) is 11.7 Å². The summed E-state index contributed by atoms with van der Waals surface area (Å²) in [6.07, 6.45) is 2.33. The van der Waals surface area contributed by atoms with Crippen LogP contribution >= 0.6 is 0 Å². The molecule has 0 aliphatic rings. The molecule has 0 saturated carbocycles. The maximum absolute atomic E-state index is 13.6. The average Bonchev–Trinajstić information content (AvgIpc) is 2.77. The van der Waals surface area contributed by atoms with Crippen molar-refractivity contribution in [2.45, 2.75) is 13.3 Å². The SMILES string of the molecule is Cc1cccc2cnc(Cc3ccccc3F)n12. The van der Waals surface area contributed by atoms with Crippen molar-refractivity contribution in [2.75, 3.05) is 0 Å². The summed E-state index contributed by atoms with van der Waals surface area (Å²) >= 11 is 0. The Morgan fingerprint density at radius 1 is 1.11 bits per heavy atom. The number of aryl methyl sites for hydroxylation is 1. The number of pyridine rings is 1. The predicted octanol–water partition coefficient (Wildman–Crippen LogP) is 3.37.